The van der Waals surface area contributed by atoms with Crippen molar-refractivity contribution in [3.05, 3.63) is 0 Å². The van der Waals surface area contributed by atoms with Crippen LogP contribution in [0.4, 0.5) is 0 Å². The largest absolute Gasteiger partial charge is 0.318 e. The molecule has 82 valence electrons. The zero-order valence-electron chi connectivity index (χ0n) is 10.6. The highest BCUT2D eigenvalue weighted by Crippen LogP contribution is 2.41. The van der Waals surface area contributed by atoms with Gasteiger partial charge in [-0.05, 0) is 25.2 Å². The first-order valence-electron chi connectivity index (χ1n) is 5.35. The van der Waals surface area contributed by atoms with Crippen molar-refractivity contribution in [2.75, 3.05) is 12.9 Å². The molecule has 0 bridgehead atoms. The average Bonchev–Trinajstić information content (AvgIpc) is 2.19. The second-order valence-corrected chi connectivity index (χ2v) is 5.19. The molecular weight excluding hydrogens is 184 g/mol. The molecule has 0 aliphatic heterocycles. The minimum absolute atomic E-state index is 0.160. The van der Waals surface area contributed by atoms with Crippen molar-refractivity contribution in [2.24, 2.45) is 10.8 Å². The van der Waals surface area contributed by atoms with E-state index >= 15 is 0 Å². The molecule has 0 aliphatic carbocycles. The minimum Gasteiger partial charge on any atom is -0.318 e. The van der Waals surface area contributed by atoms with Crippen LogP contribution in [0.3, 0.4) is 0 Å². The van der Waals surface area contributed by atoms with Gasteiger partial charge in [0, 0.05) is 11.5 Å². The number of carbonyl (C=O) groups is 1. The molecule has 0 spiro atoms. The highest BCUT2D eigenvalue weighted by molar-refractivity contribution is 6.11. The van der Waals surface area contributed by atoms with Gasteiger partial charge in [-0.2, -0.15) is 0 Å². The third-order valence-electron chi connectivity index (χ3n) is 4.02. The lowest BCUT2D eigenvalue weighted by Crippen LogP contribution is -2.51. The summed E-state index contributed by atoms with van der Waals surface area (Å²) in [6.45, 7) is 10.1. The van der Waals surface area contributed by atoms with Crippen molar-refractivity contribution in [3.8, 4) is 0 Å². The maximum atomic E-state index is 11.1. The van der Waals surface area contributed by atoms with Gasteiger partial charge in [0.25, 0.3) is 0 Å². The normalized spacial score (nSPS) is 15.3. The maximum Gasteiger partial charge on any atom is 0.126 e. The van der Waals surface area contributed by atoms with E-state index in [0.717, 1.165) is 6.29 Å². The molecule has 0 aromatic heterocycles. The molecule has 4 heteroatoms. The van der Waals surface area contributed by atoms with Gasteiger partial charge in [0.05, 0.1) is 15.7 Å². The molecule has 0 heterocycles. The van der Waals surface area contributed by atoms with Gasteiger partial charge in [-0.15, -0.1) is 0 Å². The van der Waals surface area contributed by atoms with Crippen molar-refractivity contribution < 1.29 is 4.79 Å². The third-order valence-corrected chi connectivity index (χ3v) is 4.02. The zero-order valence-corrected chi connectivity index (χ0v) is 10.6. The lowest BCUT2D eigenvalue weighted by molar-refractivity contribution is -0.122. The summed E-state index contributed by atoms with van der Waals surface area (Å²) in [7, 11) is 11.2. The Kier molecular flexibility index (Phi) is 5.12. The maximum absolute atomic E-state index is 11.1. The molecule has 0 saturated heterocycles. The van der Waals surface area contributed by atoms with Crippen LogP contribution in [0, 0.1) is 10.8 Å². The van der Waals surface area contributed by atoms with Crippen molar-refractivity contribution in [3.63, 3.8) is 0 Å². The topological polar surface area (TPSA) is 20.3 Å². The van der Waals surface area contributed by atoms with E-state index in [2.05, 4.69) is 20.8 Å². The molecule has 2 nitrogen and oxygen atoms in total. The molecule has 0 fully saturated rings. The average molecular weight is 205 g/mol. The molecule has 0 aromatic rings. The summed E-state index contributed by atoms with van der Waals surface area (Å²) in [4.78, 5) is 13.1. The number of carbonyl (C=O) groups excluding carboxylic acids is 1. The Balaban J connectivity index is 4.93. The highest BCUT2D eigenvalue weighted by Gasteiger charge is 2.42. The van der Waals surface area contributed by atoms with Gasteiger partial charge in [-0.25, -0.2) is 0 Å². The smallest absolute Gasteiger partial charge is 0.126 e. The monoisotopic (exact) mass is 205 g/mol. The Bertz CT molecular complexity index is 213. The van der Waals surface area contributed by atoms with E-state index in [-0.39, 0.29) is 11.5 Å². The van der Waals surface area contributed by atoms with Gasteiger partial charge in [0.1, 0.15) is 6.29 Å². The Morgan fingerprint density at radius 2 is 1.60 bits per heavy atom. The van der Waals surface area contributed by atoms with Crippen molar-refractivity contribution >= 4 is 22.0 Å². The molecule has 4 radical (unpaired) electrons. The van der Waals surface area contributed by atoms with Gasteiger partial charge in [-0.3, -0.25) is 0 Å². The van der Waals surface area contributed by atoms with Crippen LogP contribution in [0.5, 0.6) is 0 Å². The second kappa shape index (κ2) is 5.20. The first-order chi connectivity index (χ1) is 6.74. The molecule has 0 amide bonds. The van der Waals surface area contributed by atoms with Crippen LogP contribution in [0.1, 0.15) is 34.6 Å². The number of rotatable bonds is 6. The van der Waals surface area contributed by atoms with Gasteiger partial charge in [0.2, 0.25) is 0 Å². The van der Waals surface area contributed by atoms with E-state index in [4.69, 9.17) is 15.7 Å². The molecule has 0 aromatic carbocycles. The lowest BCUT2D eigenvalue weighted by Gasteiger charge is -2.47. The van der Waals surface area contributed by atoms with Crippen LogP contribution in [0.25, 0.3) is 0 Å². The van der Waals surface area contributed by atoms with Gasteiger partial charge < -0.3 is 9.69 Å². The zero-order chi connectivity index (χ0) is 12.3. The van der Waals surface area contributed by atoms with E-state index in [1.807, 2.05) is 18.7 Å². The SMILES string of the molecule is [B]CN(C[B])C(C)C(C)(C)C(C)(C)C=O. The Hall–Kier alpha value is -0.240. The third kappa shape index (κ3) is 2.87. The molecule has 0 N–H and O–H groups in total. The van der Waals surface area contributed by atoms with Crippen LogP contribution in [0.2, 0.25) is 0 Å². The van der Waals surface area contributed by atoms with Crippen LogP contribution in [0.15, 0.2) is 0 Å². The van der Waals surface area contributed by atoms with Crippen LogP contribution in [-0.2, 0) is 4.79 Å². The fraction of sp³-hybridized carbons (Fsp3) is 0.909. The molecule has 0 aliphatic rings. The lowest BCUT2D eigenvalue weighted by atomic mass is 9.64. The first kappa shape index (κ1) is 14.8. The molecule has 1 unspecified atom stereocenters. The van der Waals surface area contributed by atoms with E-state index in [0.29, 0.717) is 12.9 Å². The fourth-order valence-corrected chi connectivity index (χ4v) is 1.54. The minimum atomic E-state index is -0.394. The Morgan fingerprint density at radius 3 is 1.87 bits per heavy atom. The summed E-state index contributed by atoms with van der Waals surface area (Å²) in [5.41, 5.74) is -0.567. The summed E-state index contributed by atoms with van der Waals surface area (Å²) in [6.07, 6.45) is 1.83. The van der Waals surface area contributed by atoms with Crippen LogP contribution < -0.4 is 0 Å². The quantitative estimate of drug-likeness (QED) is 0.479. The summed E-state index contributed by atoms with van der Waals surface area (Å²) in [5, 5.41) is 0. The fourth-order valence-electron chi connectivity index (χ4n) is 1.54. The van der Waals surface area contributed by atoms with E-state index in [9.17, 15) is 4.79 Å². The molecule has 0 rings (SSSR count). The Labute approximate surface area is 96.6 Å². The van der Waals surface area contributed by atoms with Gasteiger partial charge in [0.15, 0.2) is 0 Å². The molecular formula is C11H21B2NO. The van der Waals surface area contributed by atoms with Gasteiger partial charge in [-0.1, -0.05) is 27.7 Å². The summed E-state index contributed by atoms with van der Waals surface area (Å²) >= 11 is 0. The number of hydrogen-bond donors (Lipinski definition) is 0. The molecule has 0 saturated carbocycles. The number of nitrogens with zero attached hydrogens (tertiary/aromatic N) is 1. The van der Waals surface area contributed by atoms with Crippen molar-refractivity contribution in [1.82, 2.24) is 4.90 Å². The van der Waals surface area contributed by atoms with E-state index in [1.54, 1.807) is 0 Å². The summed E-state index contributed by atoms with van der Waals surface area (Å²) in [5.74, 6) is 0. The molecule has 15 heavy (non-hydrogen) atoms. The van der Waals surface area contributed by atoms with Crippen molar-refractivity contribution in [1.29, 1.82) is 0 Å². The van der Waals surface area contributed by atoms with E-state index < -0.39 is 5.41 Å². The molecule has 1 atom stereocenters. The van der Waals surface area contributed by atoms with Gasteiger partial charge >= 0.3 is 0 Å². The highest BCUT2D eigenvalue weighted by atomic mass is 16.1. The van der Waals surface area contributed by atoms with Crippen LogP contribution in [-0.4, -0.2) is 45.8 Å². The first-order valence-corrected chi connectivity index (χ1v) is 5.35. The predicted molar refractivity (Wildman–Crippen MR) is 66.2 cm³/mol. The standard InChI is InChI=1S/C11H21B2NO/c1-9(14(7-12)8-13)11(4,5)10(2,3)6-15/h6,9H,7-8H2,1-5H3. The second-order valence-electron chi connectivity index (χ2n) is 5.19. The van der Waals surface area contributed by atoms with Crippen molar-refractivity contribution in [2.45, 2.75) is 40.7 Å². The summed E-state index contributed by atoms with van der Waals surface area (Å²) < 4.78 is 0. The Morgan fingerprint density at radius 1 is 1.20 bits per heavy atom. The summed E-state index contributed by atoms with van der Waals surface area (Å²) in [6, 6.07) is 0.160. The number of hydrogen-bond acceptors (Lipinski definition) is 2. The predicted octanol–water partition coefficient (Wildman–Crippen LogP) is 1.18. The van der Waals surface area contributed by atoms with Crippen LogP contribution >= 0.6 is 0 Å². The van der Waals surface area contributed by atoms with E-state index in [1.165, 1.54) is 0 Å². The number of aldehydes is 1.